The van der Waals surface area contributed by atoms with Gasteiger partial charge in [0, 0.05) is 42.1 Å². The number of methoxy groups -OCH3 is 2. The van der Waals surface area contributed by atoms with Gasteiger partial charge in [0.25, 0.3) is 0 Å². The minimum Gasteiger partial charge on any atom is -0.493 e. The molecule has 0 radical (unpaired) electrons. The highest BCUT2D eigenvalue weighted by molar-refractivity contribution is 6.30. The van der Waals surface area contributed by atoms with Gasteiger partial charge in [-0.2, -0.15) is 0 Å². The number of benzene rings is 2. The summed E-state index contributed by atoms with van der Waals surface area (Å²) in [7, 11) is 3.37. The van der Waals surface area contributed by atoms with Crippen LogP contribution in [0.25, 0.3) is 0 Å². The first-order chi connectivity index (χ1) is 13.7. The van der Waals surface area contributed by atoms with Gasteiger partial charge in [-0.25, -0.2) is 0 Å². The summed E-state index contributed by atoms with van der Waals surface area (Å²) in [6.07, 6.45) is 3.26. The highest BCUT2D eigenvalue weighted by Crippen LogP contribution is 2.37. The fourth-order valence-corrected chi connectivity index (χ4v) is 4.36. The molecule has 2 heterocycles. The van der Waals surface area contributed by atoms with Gasteiger partial charge in [-0.1, -0.05) is 35.9 Å². The number of aromatic nitrogens is 1. The van der Waals surface area contributed by atoms with Crippen LogP contribution in [0.3, 0.4) is 0 Å². The van der Waals surface area contributed by atoms with E-state index >= 15 is 0 Å². The molecule has 1 aliphatic rings. The summed E-state index contributed by atoms with van der Waals surface area (Å²) < 4.78 is 13.5. The first-order valence-electron chi connectivity index (χ1n) is 9.55. The molecule has 0 spiro atoms. The fraction of sp³-hybridized carbons (Fsp3) is 0.304. The molecule has 5 heteroatoms. The van der Waals surface area contributed by atoms with Gasteiger partial charge in [-0.3, -0.25) is 4.90 Å². The molecule has 146 valence electrons. The predicted molar refractivity (Wildman–Crippen MR) is 112 cm³/mol. The summed E-state index contributed by atoms with van der Waals surface area (Å²) >= 11 is 6.34. The van der Waals surface area contributed by atoms with Crippen LogP contribution in [0.2, 0.25) is 5.02 Å². The molecule has 0 fully saturated rings. The Labute approximate surface area is 171 Å². The molecule has 0 amide bonds. The number of aryl methyl sites for hydroxylation is 1. The average molecular weight is 397 g/mol. The van der Waals surface area contributed by atoms with Crippen molar-refractivity contribution in [3.8, 4) is 11.5 Å². The maximum atomic E-state index is 6.34. The van der Waals surface area contributed by atoms with Gasteiger partial charge in [0.15, 0.2) is 11.5 Å². The van der Waals surface area contributed by atoms with Crippen molar-refractivity contribution in [1.29, 1.82) is 0 Å². The second-order valence-electron chi connectivity index (χ2n) is 7.06. The van der Waals surface area contributed by atoms with Crippen molar-refractivity contribution in [2.24, 2.45) is 0 Å². The van der Waals surface area contributed by atoms with Gasteiger partial charge in [-0.15, -0.1) is 0 Å². The molecule has 0 bridgehead atoms. The van der Waals surface area contributed by atoms with Crippen LogP contribution in [-0.2, 0) is 13.1 Å². The molecular formula is C23H25ClN2O2. The number of ether oxygens (including phenoxy) is 2. The van der Waals surface area contributed by atoms with Crippen molar-refractivity contribution < 1.29 is 9.47 Å². The summed E-state index contributed by atoms with van der Waals surface area (Å²) in [6.45, 7) is 2.77. The zero-order chi connectivity index (χ0) is 19.5. The number of nitrogens with zero attached hydrogens (tertiary/aromatic N) is 2. The second kappa shape index (κ2) is 8.29. The van der Waals surface area contributed by atoms with E-state index in [0.717, 1.165) is 48.1 Å². The molecule has 1 atom stereocenters. The summed E-state index contributed by atoms with van der Waals surface area (Å²) in [5.41, 5.74) is 3.62. The molecule has 2 aromatic carbocycles. The van der Waals surface area contributed by atoms with Crippen LogP contribution in [0.15, 0.2) is 60.8 Å². The smallest absolute Gasteiger partial charge is 0.165 e. The Morgan fingerprint density at radius 1 is 1.00 bits per heavy atom. The zero-order valence-electron chi connectivity index (χ0n) is 16.3. The van der Waals surface area contributed by atoms with Crippen LogP contribution >= 0.6 is 11.6 Å². The Kier molecular flexibility index (Phi) is 5.60. The third kappa shape index (κ3) is 3.62. The van der Waals surface area contributed by atoms with Crippen LogP contribution in [0, 0.1) is 0 Å². The van der Waals surface area contributed by atoms with Crippen LogP contribution in [-0.4, -0.2) is 30.2 Å². The van der Waals surface area contributed by atoms with Crippen molar-refractivity contribution in [3.63, 3.8) is 0 Å². The van der Waals surface area contributed by atoms with Gasteiger partial charge in [0.1, 0.15) is 0 Å². The van der Waals surface area contributed by atoms with E-state index in [1.54, 1.807) is 14.2 Å². The summed E-state index contributed by atoms with van der Waals surface area (Å²) in [6, 6.07) is 18.7. The number of halogens is 1. The van der Waals surface area contributed by atoms with Crippen molar-refractivity contribution in [3.05, 3.63) is 82.6 Å². The number of rotatable bonds is 5. The molecule has 0 saturated carbocycles. The second-order valence-corrected chi connectivity index (χ2v) is 7.50. The summed E-state index contributed by atoms with van der Waals surface area (Å²) in [5.74, 6) is 1.56. The maximum absolute atomic E-state index is 6.34. The first-order valence-corrected chi connectivity index (χ1v) is 9.93. The highest BCUT2D eigenvalue weighted by atomic mass is 35.5. The lowest BCUT2D eigenvalue weighted by Crippen LogP contribution is -2.29. The fourth-order valence-electron chi connectivity index (χ4n) is 4.17. The molecular weight excluding hydrogens is 372 g/mol. The van der Waals surface area contributed by atoms with Crippen molar-refractivity contribution >= 4 is 11.6 Å². The summed E-state index contributed by atoms with van der Waals surface area (Å²) in [4.78, 5) is 2.50. The van der Waals surface area contributed by atoms with Crippen molar-refractivity contribution in [2.45, 2.75) is 25.6 Å². The van der Waals surface area contributed by atoms with E-state index in [-0.39, 0.29) is 6.04 Å². The van der Waals surface area contributed by atoms with Gasteiger partial charge in [0.2, 0.25) is 0 Å². The molecule has 3 aromatic rings. The van der Waals surface area contributed by atoms with Crippen LogP contribution < -0.4 is 9.47 Å². The van der Waals surface area contributed by atoms with Gasteiger partial charge < -0.3 is 14.0 Å². The quantitative estimate of drug-likeness (QED) is 0.596. The minimum absolute atomic E-state index is 0.132. The molecule has 28 heavy (non-hydrogen) atoms. The SMILES string of the molecule is COc1cccc(CN2CCCn3cccc3C2c2cccc(Cl)c2)c1OC. The minimum atomic E-state index is 0.132. The predicted octanol–water partition coefficient (Wildman–Crippen LogP) is 5.15. The van der Waals surface area contributed by atoms with E-state index in [9.17, 15) is 0 Å². The van der Waals surface area contributed by atoms with Crippen LogP contribution in [0.4, 0.5) is 0 Å². The lowest BCUT2D eigenvalue weighted by atomic mass is 10.0. The van der Waals surface area contributed by atoms with E-state index < -0.39 is 0 Å². The molecule has 1 aliphatic heterocycles. The maximum Gasteiger partial charge on any atom is 0.165 e. The third-order valence-corrected chi connectivity index (χ3v) is 5.61. The number of fused-ring (bicyclic) bond motifs is 1. The topological polar surface area (TPSA) is 26.6 Å². The summed E-state index contributed by atoms with van der Waals surface area (Å²) in [5, 5.41) is 0.763. The molecule has 0 N–H and O–H groups in total. The van der Waals surface area contributed by atoms with Gasteiger partial charge >= 0.3 is 0 Å². The number of hydrogen-bond acceptors (Lipinski definition) is 3. The first kappa shape index (κ1) is 18.9. The number of hydrogen-bond donors (Lipinski definition) is 0. The van der Waals surface area contributed by atoms with Crippen molar-refractivity contribution in [1.82, 2.24) is 9.47 Å². The molecule has 4 nitrogen and oxygen atoms in total. The largest absolute Gasteiger partial charge is 0.493 e. The zero-order valence-corrected chi connectivity index (χ0v) is 17.0. The van der Waals surface area contributed by atoms with E-state index in [0.29, 0.717) is 0 Å². The van der Waals surface area contributed by atoms with Gasteiger partial charge in [0.05, 0.1) is 20.3 Å². The Balaban J connectivity index is 1.76. The monoisotopic (exact) mass is 396 g/mol. The molecule has 0 aliphatic carbocycles. The molecule has 4 rings (SSSR count). The Hall–Kier alpha value is -2.43. The van der Waals surface area contributed by atoms with Crippen LogP contribution in [0.1, 0.15) is 29.3 Å². The lowest BCUT2D eigenvalue weighted by Gasteiger charge is -2.31. The van der Waals surface area contributed by atoms with Gasteiger partial charge in [-0.05, 0) is 42.3 Å². The number of para-hydroxylation sites is 1. The Morgan fingerprint density at radius 3 is 2.64 bits per heavy atom. The average Bonchev–Trinajstić information content (AvgIpc) is 3.09. The van der Waals surface area contributed by atoms with Crippen molar-refractivity contribution in [2.75, 3.05) is 20.8 Å². The Morgan fingerprint density at radius 2 is 1.86 bits per heavy atom. The standard InChI is InChI=1S/C23H25ClN2O2/c1-27-21-11-4-8-18(23(21)28-2)16-26-14-6-13-25-12-5-10-20(25)22(26)17-7-3-9-19(24)15-17/h3-5,7-12,15,22H,6,13-14,16H2,1-2H3. The normalized spacial score (nSPS) is 17.0. The van der Waals surface area contributed by atoms with E-state index in [2.05, 4.69) is 46.0 Å². The van der Waals surface area contributed by atoms with E-state index in [4.69, 9.17) is 21.1 Å². The van der Waals surface area contributed by atoms with E-state index in [1.165, 1.54) is 11.3 Å². The van der Waals surface area contributed by atoms with E-state index in [1.807, 2.05) is 24.3 Å². The molecule has 1 aromatic heterocycles. The lowest BCUT2D eigenvalue weighted by molar-refractivity contribution is 0.216. The van der Waals surface area contributed by atoms with Crippen LogP contribution in [0.5, 0.6) is 11.5 Å². The highest BCUT2D eigenvalue weighted by Gasteiger charge is 2.28. The molecule has 0 saturated heterocycles. The third-order valence-electron chi connectivity index (χ3n) is 5.38. The Bertz CT molecular complexity index is 953. The molecule has 1 unspecified atom stereocenters.